The molecule has 0 aliphatic rings. The molecule has 0 amide bonds. The highest BCUT2D eigenvalue weighted by Gasteiger charge is 2.09. The quantitative estimate of drug-likeness (QED) is 0.676. The zero-order valence-corrected chi connectivity index (χ0v) is 11.2. The molecule has 0 heterocycles. The van der Waals surface area contributed by atoms with Gasteiger partial charge in [0.1, 0.15) is 5.82 Å². The zero-order chi connectivity index (χ0) is 14.5. The summed E-state index contributed by atoms with van der Waals surface area (Å²) in [7, 11) is 0. The van der Waals surface area contributed by atoms with Gasteiger partial charge in [-0.25, -0.2) is 4.39 Å². The number of nitro benzene ring substituents is 1. The van der Waals surface area contributed by atoms with Crippen LogP contribution in [0.25, 0.3) is 0 Å². The van der Waals surface area contributed by atoms with E-state index in [4.69, 9.17) is 11.6 Å². The molecule has 0 radical (unpaired) electrons. The molecular formula is C14H12ClFN2O2. The highest BCUT2D eigenvalue weighted by molar-refractivity contribution is 6.31. The Kier molecular flexibility index (Phi) is 4.65. The van der Waals surface area contributed by atoms with Crippen LogP contribution in [0.1, 0.15) is 11.1 Å². The van der Waals surface area contributed by atoms with Crippen molar-refractivity contribution in [2.75, 3.05) is 0 Å². The van der Waals surface area contributed by atoms with E-state index in [-0.39, 0.29) is 11.5 Å². The van der Waals surface area contributed by atoms with Crippen molar-refractivity contribution in [2.45, 2.75) is 13.1 Å². The van der Waals surface area contributed by atoms with Gasteiger partial charge in [0, 0.05) is 30.8 Å². The van der Waals surface area contributed by atoms with E-state index in [0.29, 0.717) is 23.7 Å². The first-order chi connectivity index (χ1) is 9.58. The van der Waals surface area contributed by atoms with Crippen LogP contribution < -0.4 is 5.32 Å². The van der Waals surface area contributed by atoms with Gasteiger partial charge in [0.2, 0.25) is 0 Å². The van der Waals surface area contributed by atoms with Crippen LogP contribution in [-0.2, 0) is 13.1 Å². The maximum Gasteiger partial charge on any atom is 0.270 e. The van der Waals surface area contributed by atoms with Gasteiger partial charge in [0.15, 0.2) is 0 Å². The summed E-state index contributed by atoms with van der Waals surface area (Å²) in [6.07, 6.45) is 0. The van der Waals surface area contributed by atoms with E-state index in [0.717, 1.165) is 5.56 Å². The molecule has 0 bridgehead atoms. The number of halogens is 2. The van der Waals surface area contributed by atoms with Gasteiger partial charge in [0.05, 0.1) is 9.95 Å². The molecule has 2 rings (SSSR count). The third kappa shape index (κ3) is 3.53. The lowest BCUT2D eigenvalue weighted by atomic mass is 10.2. The molecule has 0 fully saturated rings. The Labute approximate surface area is 120 Å². The third-order valence-electron chi connectivity index (χ3n) is 2.84. The summed E-state index contributed by atoms with van der Waals surface area (Å²) in [5, 5.41) is 14.0. The topological polar surface area (TPSA) is 55.2 Å². The van der Waals surface area contributed by atoms with Crippen molar-refractivity contribution in [3.05, 3.63) is 74.5 Å². The number of nitrogens with one attached hydrogen (secondary N) is 1. The van der Waals surface area contributed by atoms with E-state index in [2.05, 4.69) is 5.32 Å². The molecule has 0 unspecified atom stereocenters. The van der Waals surface area contributed by atoms with Crippen LogP contribution in [0.5, 0.6) is 0 Å². The first kappa shape index (κ1) is 14.4. The smallest absolute Gasteiger partial charge is 0.270 e. The molecule has 0 aliphatic heterocycles. The maximum absolute atomic E-state index is 13.4. The fourth-order valence-electron chi connectivity index (χ4n) is 1.77. The minimum Gasteiger partial charge on any atom is -0.308 e. The second kappa shape index (κ2) is 6.45. The van der Waals surface area contributed by atoms with Gasteiger partial charge < -0.3 is 5.32 Å². The molecule has 4 nitrogen and oxygen atoms in total. The molecule has 0 atom stereocenters. The largest absolute Gasteiger partial charge is 0.308 e. The van der Waals surface area contributed by atoms with Crippen LogP contribution in [0.15, 0.2) is 42.5 Å². The molecule has 6 heteroatoms. The summed E-state index contributed by atoms with van der Waals surface area (Å²) >= 11 is 5.97. The van der Waals surface area contributed by atoms with E-state index in [1.165, 1.54) is 18.2 Å². The third-order valence-corrected chi connectivity index (χ3v) is 3.19. The summed E-state index contributed by atoms with van der Waals surface area (Å²) in [6, 6.07) is 10.8. The summed E-state index contributed by atoms with van der Waals surface area (Å²) in [4.78, 5) is 10.1. The van der Waals surface area contributed by atoms with E-state index in [1.54, 1.807) is 24.3 Å². The SMILES string of the molecule is O=[N+]([O-])c1ccc(CNCc2ccccc2F)c(Cl)c1. The highest BCUT2D eigenvalue weighted by Crippen LogP contribution is 2.22. The number of nitro groups is 1. The van der Waals surface area contributed by atoms with Gasteiger partial charge in [-0.05, 0) is 17.7 Å². The highest BCUT2D eigenvalue weighted by atomic mass is 35.5. The molecule has 0 aliphatic carbocycles. The van der Waals surface area contributed by atoms with Crippen molar-refractivity contribution in [1.29, 1.82) is 0 Å². The van der Waals surface area contributed by atoms with Gasteiger partial charge >= 0.3 is 0 Å². The maximum atomic E-state index is 13.4. The second-order valence-electron chi connectivity index (χ2n) is 4.23. The van der Waals surface area contributed by atoms with Crippen LogP contribution in [0.4, 0.5) is 10.1 Å². The molecule has 20 heavy (non-hydrogen) atoms. The predicted octanol–water partition coefficient (Wildman–Crippen LogP) is 3.68. The Morgan fingerprint density at radius 1 is 1.15 bits per heavy atom. The Morgan fingerprint density at radius 2 is 1.85 bits per heavy atom. The van der Waals surface area contributed by atoms with Crippen LogP contribution in [0.3, 0.4) is 0 Å². The van der Waals surface area contributed by atoms with Gasteiger partial charge in [0.25, 0.3) is 5.69 Å². The number of benzene rings is 2. The molecule has 0 saturated carbocycles. The van der Waals surface area contributed by atoms with Gasteiger partial charge in [-0.1, -0.05) is 29.8 Å². The van der Waals surface area contributed by atoms with Crippen molar-refractivity contribution >= 4 is 17.3 Å². The molecule has 1 N–H and O–H groups in total. The number of non-ortho nitro benzene ring substituents is 1. The fourth-order valence-corrected chi connectivity index (χ4v) is 2.01. The van der Waals surface area contributed by atoms with Crippen LogP contribution in [-0.4, -0.2) is 4.92 Å². The van der Waals surface area contributed by atoms with Crippen LogP contribution >= 0.6 is 11.6 Å². The fraction of sp³-hybridized carbons (Fsp3) is 0.143. The summed E-state index contributed by atoms with van der Waals surface area (Å²) in [5.41, 5.74) is 1.24. The molecule has 0 spiro atoms. The molecule has 2 aromatic rings. The van der Waals surface area contributed by atoms with Crippen molar-refractivity contribution in [3.8, 4) is 0 Å². The van der Waals surface area contributed by atoms with E-state index < -0.39 is 4.92 Å². The summed E-state index contributed by atoms with van der Waals surface area (Å²) < 4.78 is 13.4. The summed E-state index contributed by atoms with van der Waals surface area (Å²) in [5.74, 6) is -0.269. The van der Waals surface area contributed by atoms with Gasteiger partial charge in [-0.3, -0.25) is 10.1 Å². The number of nitrogens with zero attached hydrogens (tertiary/aromatic N) is 1. The standard InChI is InChI=1S/C14H12ClFN2O2/c15-13-7-12(18(19)20)6-5-10(13)8-17-9-11-3-1-2-4-14(11)16/h1-7,17H,8-9H2. The predicted molar refractivity (Wildman–Crippen MR) is 75.1 cm³/mol. The second-order valence-corrected chi connectivity index (χ2v) is 4.63. The molecular weight excluding hydrogens is 283 g/mol. The van der Waals surface area contributed by atoms with E-state index in [9.17, 15) is 14.5 Å². The van der Waals surface area contributed by atoms with Crippen molar-refractivity contribution in [3.63, 3.8) is 0 Å². The normalized spacial score (nSPS) is 10.5. The lowest BCUT2D eigenvalue weighted by Gasteiger charge is -2.07. The lowest BCUT2D eigenvalue weighted by molar-refractivity contribution is -0.384. The molecule has 0 aromatic heterocycles. The minimum absolute atomic E-state index is 0.0483. The van der Waals surface area contributed by atoms with Crippen molar-refractivity contribution in [2.24, 2.45) is 0 Å². The van der Waals surface area contributed by atoms with Crippen LogP contribution in [0.2, 0.25) is 5.02 Å². The summed E-state index contributed by atoms with van der Waals surface area (Å²) in [6.45, 7) is 0.769. The van der Waals surface area contributed by atoms with Crippen LogP contribution in [0, 0.1) is 15.9 Å². The first-order valence-corrected chi connectivity index (χ1v) is 6.32. The Balaban J connectivity index is 1.98. The average Bonchev–Trinajstić information content (AvgIpc) is 2.42. The molecule has 104 valence electrons. The van der Waals surface area contributed by atoms with E-state index in [1.807, 2.05) is 0 Å². The average molecular weight is 295 g/mol. The van der Waals surface area contributed by atoms with Crippen molar-refractivity contribution in [1.82, 2.24) is 5.32 Å². The van der Waals surface area contributed by atoms with Gasteiger partial charge in [-0.2, -0.15) is 0 Å². The Bertz CT molecular complexity index is 634. The number of hydrogen-bond acceptors (Lipinski definition) is 3. The number of hydrogen-bond donors (Lipinski definition) is 1. The number of rotatable bonds is 5. The first-order valence-electron chi connectivity index (χ1n) is 5.95. The zero-order valence-electron chi connectivity index (χ0n) is 10.5. The lowest BCUT2D eigenvalue weighted by Crippen LogP contribution is -2.14. The van der Waals surface area contributed by atoms with E-state index >= 15 is 0 Å². The van der Waals surface area contributed by atoms with Gasteiger partial charge in [-0.15, -0.1) is 0 Å². The minimum atomic E-state index is -0.498. The Morgan fingerprint density at radius 3 is 2.50 bits per heavy atom. The molecule has 2 aromatic carbocycles. The monoisotopic (exact) mass is 294 g/mol. The Hall–Kier alpha value is -1.98. The van der Waals surface area contributed by atoms with Crippen molar-refractivity contribution < 1.29 is 9.31 Å². The molecule has 0 saturated heterocycles.